The van der Waals surface area contributed by atoms with Gasteiger partial charge in [0.25, 0.3) is 0 Å². The summed E-state index contributed by atoms with van der Waals surface area (Å²) in [5.41, 5.74) is 0.512. The summed E-state index contributed by atoms with van der Waals surface area (Å²) >= 11 is 3.29. The fourth-order valence-corrected chi connectivity index (χ4v) is 2.47. The van der Waals surface area contributed by atoms with Crippen molar-refractivity contribution in [2.45, 2.75) is 12.6 Å². The number of carboxylic acids is 1. The van der Waals surface area contributed by atoms with Crippen LogP contribution in [0.1, 0.15) is 5.56 Å². The van der Waals surface area contributed by atoms with Gasteiger partial charge < -0.3 is 10.4 Å². The first-order chi connectivity index (χ1) is 8.58. The molecule has 1 aromatic rings. The maximum absolute atomic E-state index is 13.6. The highest BCUT2D eigenvalue weighted by atomic mass is 79.9. The predicted octanol–water partition coefficient (Wildman–Crippen LogP) is 1.45. The van der Waals surface area contributed by atoms with Gasteiger partial charge >= 0.3 is 5.97 Å². The fourth-order valence-electron chi connectivity index (χ4n) is 2.06. The summed E-state index contributed by atoms with van der Waals surface area (Å²) in [6, 6.07) is 4.11. The van der Waals surface area contributed by atoms with E-state index in [4.69, 9.17) is 5.11 Å². The third-order valence-electron chi connectivity index (χ3n) is 3.02. The Morgan fingerprint density at radius 1 is 1.61 bits per heavy atom. The summed E-state index contributed by atoms with van der Waals surface area (Å²) in [6.07, 6.45) is 0. The summed E-state index contributed by atoms with van der Waals surface area (Å²) in [4.78, 5) is 12.9. The summed E-state index contributed by atoms with van der Waals surface area (Å²) in [5.74, 6) is -1.18. The van der Waals surface area contributed by atoms with E-state index < -0.39 is 12.0 Å². The number of aliphatic carboxylic acids is 1. The number of nitrogens with one attached hydrogen (secondary N) is 1. The van der Waals surface area contributed by atoms with Gasteiger partial charge in [0.1, 0.15) is 11.9 Å². The van der Waals surface area contributed by atoms with Crippen LogP contribution in [0.5, 0.6) is 0 Å². The van der Waals surface area contributed by atoms with Crippen LogP contribution in [0.3, 0.4) is 0 Å². The monoisotopic (exact) mass is 316 g/mol. The number of hydrogen-bond donors (Lipinski definition) is 2. The van der Waals surface area contributed by atoms with Crippen LogP contribution in [0.2, 0.25) is 0 Å². The van der Waals surface area contributed by atoms with Crippen molar-refractivity contribution in [1.29, 1.82) is 0 Å². The Labute approximate surface area is 113 Å². The highest BCUT2D eigenvalue weighted by molar-refractivity contribution is 9.10. The Morgan fingerprint density at radius 2 is 2.39 bits per heavy atom. The van der Waals surface area contributed by atoms with E-state index in [1.807, 2.05) is 0 Å². The number of piperazine rings is 1. The molecule has 0 radical (unpaired) electrons. The van der Waals surface area contributed by atoms with Gasteiger partial charge in [-0.25, -0.2) is 4.39 Å². The molecule has 1 aliphatic rings. The number of halogens is 2. The molecule has 2 rings (SSSR count). The van der Waals surface area contributed by atoms with Crippen molar-refractivity contribution < 1.29 is 14.3 Å². The molecule has 1 aliphatic heterocycles. The topological polar surface area (TPSA) is 52.6 Å². The van der Waals surface area contributed by atoms with Gasteiger partial charge in [0.05, 0.1) is 0 Å². The number of hydrogen-bond acceptors (Lipinski definition) is 3. The molecule has 4 nitrogen and oxygen atoms in total. The zero-order valence-corrected chi connectivity index (χ0v) is 11.3. The molecular formula is C12H14BrFN2O2. The van der Waals surface area contributed by atoms with E-state index in [0.717, 1.165) is 11.0 Å². The molecule has 1 heterocycles. The first-order valence-corrected chi connectivity index (χ1v) is 6.48. The molecule has 1 aromatic carbocycles. The minimum absolute atomic E-state index is 0.305. The molecule has 0 aromatic heterocycles. The average Bonchev–Trinajstić information content (AvgIpc) is 2.34. The van der Waals surface area contributed by atoms with Gasteiger partial charge in [0.15, 0.2) is 0 Å². The molecular weight excluding hydrogens is 303 g/mol. The standard InChI is InChI=1S/C12H14BrFN2O2/c13-9-1-2-10(14)8(5-9)7-16-4-3-15-6-11(16)12(17)18/h1-2,5,11,15H,3-4,6-7H2,(H,17,18). The van der Waals surface area contributed by atoms with Gasteiger partial charge in [-0.2, -0.15) is 0 Å². The average molecular weight is 317 g/mol. The second-order valence-electron chi connectivity index (χ2n) is 4.26. The van der Waals surface area contributed by atoms with E-state index in [0.29, 0.717) is 25.2 Å². The second-order valence-corrected chi connectivity index (χ2v) is 5.18. The summed E-state index contributed by atoms with van der Waals surface area (Å²) in [5, 5.41) is 12.2. The van der Waals surface area contributed by atoms with Gasteiger partial charge in [-0.05, 0) is 18.2 Å². The molecule has 0 amide bonds. The first-order valence-electron chi connectivity index (χ1n) is 5.69. The molecule has 0 saturated carbocycles. The lowest BCUT2D eigenvalue weighted by molar-refractivity contribution is -0.144. The molecule has 2 N–H and O–H groups in total. The van der Waals surface area contributed by atoms with E-state index in [-0.39, 0.29) is 5.82 Å². The summed E-state index contributed by atoms with van der Waals surface area (Å²) in [6.45, 7) is 2.02. The van der Waals surface area contributed by atoms with E-state index in [2.05, 4.69) is 21.2 Å². The minimum atomic E-state index is -0.877. The maximum atomic E-state index is 13.6. The van der Waals surface area contributed by atoms with E-state index in [1.165, 1.54) is 6.07 Å². The molecule has 98 valence electrons. The van der Waals surface area contributed by atoms with Crippen LogP contribution < -0.4 is 5.32 Å². The molecule has 0 spiro atoms. The molecule has 0 bridgehead atoms. The normalized spacial score (nSPS) is 20.9. The van der Waals surface area contributed by atoms with Crippen LogP contribution in [-0.4, -0.2) is 41.7 Å². The van der Waals surface area contributed by atoms with Crippen molar-refractivity contribution in [3.63, 3.8) is 0 Å². The highest BCUT2D eigenvalue weighted by Crippen LogP contribution is 2.18. The lowest BCUT2D eigenvalue weighted by atomic mass is 10.1. The Morgan fingerprint density at radius 3 is 3.11 bits per heavy atom. The lowest BCUT2D eigenvalue weighted by Crippen LogP contribution is -2.54. The molecule has 1 saturated heterocycles. The number of carbonyl (C=O) groups is 1. The quantitative estimate of drug-likeness (QED) is 0.886. The molecule has 18 heavy (non-hydrogen) atoms. The van der Waals surface area contributed by atoms with Gasteiger partial charge in [0.2, 0.25) is 0 Å². The third kappa shape index (κ3) is 3.07. The zero-order valence-electron chi connectivity index (χ0n) is 9.70. The van der Waals surface area contributed by atoms with Gasteiger partial charge in [-0.15, -0.1) is 0 Å². The van der Waals surface area contributed by atoms with E-state index in [9.17, 15) is 9.18 Å². The Hall–Kier alpha value is -0.980. The lowest BCUT2D eigenvalue weighted by Gasteiger charge is -2.33. The molecule has 0 aliphatic carbocycles. The third-order valence-corrected chi connectivity index (χ3v) is 3.51. The van der Waals surface area contributed by atoms with Crippen molar-refractivity contribution in [2.75, 3.05) is 19.6 Å². The first kappa shape index (κ1) is 13.5. The Bertz CT molecular complexity index is 456. The van der Waals surface area contributed by atoms with Crippen LogP contribution in [-0.2, 0) is 11.3 Å². The predicted molar refractivity (Wildman–Crippen MR) is 68.8 cm³/mol. The van der Waals surface area contributed by atoms with Crippen LogP contribution in [0.4, 0.5) is 4.39 Å². The fraction of sp³-hybridized carbons (Fsp3) is 0.417. The molecule has 1 fully saturated rings. The van der Waals surface area contributed by atoms with Crippen molar-refractivity contribution >= 4 is 21.9 Å². The number of carboxylic acid groups (broad SMARTS) is 1. The minimum Gasteiger partial charge on any atom is -0.480 e. The molecule has 6 heteroatoms. The largest absolute Gasteiger partial charge is 0.480 e. The van der Waals surface area contributed by atoms with Crippen molar-refractivity contribution in [1.82, 2.24) is 10.2 Å². The smallest absolute Gasteiger partial charge is 0.322 e. The Balaban J connectivity index is 2.15. The van der Waals surface area contributed by atoms with Crippen LogP contribution in [0.15, 0.2) is 22.7 Å². The molecule has 1 unspecified atom stereocenters. The summed E-state index contributed by atoms with van der Waals surface area (Å²) < 4.78 is 14.4. The number of nitrogens with zero attached hydrogens (tertiary/aromatic N) is 1. The van der Waals surface area contributed by atoms with Crippen LogP contribution in [0, 0.1) is 5.82 Å². The van der Waals surface area contributed by atoms with Crippen molar-refractivity contribution in [2.24, 2.45) is 0 Å². The van der Waals surface area contributed by atoms with Crippen LogP contribution >= 0.6 is 15.9 Å². The van der Waals surface area contributed by atoms with E-state index >= 15 is 0 Å². The zero-order chi connectivity index (χ0) is 13.1. The van der Waals surface area contributed by atoms with Crippen molar-refractivity contribution in [3.05, 3.63) is 34.1 Å². The van der Waals surface area contributed by atoms with Crippen LogP contribution in [0.25, 0.3) is 0 Å². The second kappa shape index (κ2) is 5.77. The summed E-state index contributed by atoms with van der Waals surface area (Å²) in [7, 11) is 0. The van der Waals surface area contributed by atoms with Gasteiger partial charge in [0, 0.05) is 36.2 Å². The van der Waals surface area contributed by atoms with E-state index in [1.54, 1.807) is 17.0 Å². The van der Waals surface area contributed by atoms with Crippen molar-refractivity contribution in [3.8, 4) is 0 Å². The molecule has 1 atom stereocenters. The highest BCUT2D eigenvalue weighted by Gasteiger charge is 2.28. The number of benzene rings is 1. The van der Waals surface area contributed by atoms with Gasteiger partial charge in [-0.3, -0.25) is 9.69 Å². The Kier molecular flexibility index (Phi) is 4.31. The number of rotatable bonds is 3. The maximum Gasteiger partial charge on any atom is 0.322 e. The van der Waals surface area contributed by atoms with Gasteiger partial charge in [-0.1, -0.05) is 15.9 Å². The SMILES string of the molecule is O=C(O)C1CNCCN1Cc1cc(Br)ccc1F.